The van der Waals surface area contributed by atoms with Crippen molar-refractivity contribution in [1.29, 1.82) is 0 Å². The van der Waals surface area contributed by atoms with E-state index in [-0.39, 0.29) is 18.9 Å². The van der Waals surface area contributed by atoms with Crippen LogP contribution < -0.4 is 4.74 Å². The third-order valence-corrected chi connectivity index (χ3v) is 3.15. The van der Waals surface area contributed by atoms with Gasteiger partial charge in [0.25, 0.3) is 5.91 Å². The fraction of sp³-hybridized carbons (Fsp3) is 0.467. The Balaban J connectivity index is 2.38. The van der Waals surface area contributed by atoms with E-state index in [1.807, 2.05) is 32.0 Å². The minimum atomic E-state index is -0.850. The second-order valence-corrected chi connectivity index (χ2v) is 4.85. The van der Waals surface area contributed by atoms with Crippen LogP contribution in [0.3, 0.4) is 0 Å². The molecule has 0 aliphatic heterocycles. The Morgan fingerprint density at radius 3 is 2.55 bits per heavy atom. The van der Waals surface area contributed by atoms with E-state index in [1.165, 1.54) is 10.5 Å². The number of amides is 1. The van der Waals surface area contributed by atoms with Gasteiger partial charge in [-0.2, -0.15) is 0 Å². The zero-order valence-electron chi connectivity index (χ0n) is 12.2. The van der Waals surface area contributed by atoms with Crippen LogP contribution in [0.1, 0.15) is 24.0 Å². The standard InChI is InChI=1S/C15H21NO4/c1-11-6-7-13(9-12(11)2)20-10-14(17)16(3)8-4-5-15(18)19/h6-7,9H,4-5,8,10H2,1-3H3,(H,18,19). The van der Waals surface area contributed by atoms with Crippen molar-refractivity contribution in [3.05, 3.63) is 29.3 Å². The number of carboxylic acids is 1. The summed E-state index contributed by atoms with van der Waals surface area (Å²) in [6.45, 7) is 4.38. The van der Waals surface area contributed by atoms with Gasteiger partial charge >= 0.3 is 5.97 Å². The molecule has 0 spiro atoms. The lowest BCUT2D eigenvalue weighted by atomic mass is 10.1. The third-order valence-electron chi connectivity index (χ3n) is 3.15. The number of hydrogen-bond donors (Lipinski definition) is 1. The van der Waals surface area contributed by atoms with Crippen LogP contribution in [0.5, 0.6) is 5.75 Å². The van der Waals surface area contributed by atoms with Crippen LogP contribution in [-0.2, 0) is 9.59 Å². The molecule has 0 saturated heterocycles. The Labute approximate surface area is 119 Å². The van der Waals surface area contributed by atoms with Gasteiger partial charge in [0.2, 0.25) is 0 Å². The Bertz CT molecular complexity index is 485. The molecule has 0 heterocycles. The third kappa shape index (κ3) is 5.30. The van der Waals surface area contributed by atoms with Gasteiger partial charge in [0.15, 0.2) is 6.61 Å². The number of aliphatic carboxylic acids is 1. The van der Waals surface area contributed by atoms with Crippen LogP contribution in [0.4, 0.5) is 0 Å². The number of ether oxygens (including phenoxy) is 1. The SMILES string of the molecule is Cc1ccc(OCC(=O)N(C)CCCC(=O)O)cc1C. The minimum absolute atomic E-state index is 0.0356. The molecule has 1 amide bonds. The zero-order chi connectivity index (χ0) is 15.1. The highest BCUT2D eigenvalue weighted by molar-refractivity contribution is 5.77. The predicted octanol–water partition coefficient (Wildman–Crippen LogP) is 2.01. The summed E-state index contributed by atoms with van der Waals surface area (Å²) in [6, 6.07) is 5.68. The molecule has 0 aliphatic carbocycles. The second-order valence-electron chi connectivity index (χ2n) is 4.85. The monoisotopic (exact) mass is 279 g/mol. The van der Waals surface area contributed by atoms with Crippen LogP contribution in [0.2, 0.25) is 0 Å². The normalized spacial score (nSPS) is 10.2. The predicted molar refractivity (Wildman–Crippen MR) is 75.9 cm³/mol. The molecule has 0 radical (unpaired) electrons. The minimum Gasteiger partial charge on any atom is -0.484 e. The highest BCUT2D eigenvalue weighted by atomic mass is 16.5. The number of aryl methyl sites for hydroxylation is 2. The summed E-state index contributed by atoms with van der Waals surface area (Å²) in [5, 5.41) is 8.54. The molecular formula is C15H21NO4. The van der Waals surface area contributed by atoms with Gasteiger partial charge < -0.3 is 14.7 Å². The Morgan fingerprint density at radius 1 is 1.25 bits per heavy atom. The van der Waals surface area contributed by atoms with Gasteiger partial charge in [-0.1, -0.05) is 6.07 Å². The maximum Gasteiger partial charge on any atom is 0.303 e. The average Bonchev–Trinajstić information content (AvgIpc) is 2.39. The maximum absolute atomic E-state index is 11.8. The Morgan fingerprint density at radius 2 is 1.95 bits per heavy atom. The van der Waals surface area contributed by atoms with Crippen molar-refractivity contribution in [1.82, 2.24) is 4.90 Å². The van der Waals surface area contributed by atoms with Gasteiger partial charge in [0.05, 0.1) is 0 Å². The summed E-state index contributed by atoms with van der Waals surface area (Å²) >= 11 is 0. The summed E-state index contributed by atoms with van der Waals surface area (Å²) in [5.74, 6) is -0.341. The molecular weight excluding hydrogens is 258 g/mol. The number of carbonyl (C=O) groups excluding carboxylic acids is 1. The number of likely N-dealkylation sites (N-methyl/N-ethyl adjacent to an activating group) is 1. The van der Waals surface area contributed by atoms with Crippen LogP contribution in [0.15, 0.2) is 18.2 Å². The lowest BCUT2D eigenvalue weighted by molar-refractivity contribution is -0.138. The number of rotatable bonds is 7. The molecule has 5 nitrogen and oxygen atoms in total. The van der Waals surface area contributed by atoms with Crippen LogP contribution in [0.25, 0.3) is 0 Å². The van der Waals surface area contributed by atoms with Crippen molar-refractivity contribution < 1.29 is 19.4 Å². The van der Waals surface area contributed by atoms with E-state index in [0.29, 0.717) is 18.7 Å². The Kier molecular flexibility index (Phi) is 6.03. The van der Waals surface area contributed by atoms with Crippen LogP contribution in [-0.4, -0.2) is 42.1 Å². The fourth-order valence-corrected chi connectivity index (χ4v) is 1.65. The topological polar surface area (TPSA) is 66.8 Å². The van der Waals surface area contributed by atoms with Gasteiger partial charge in [-0.3, -0.25) is 9.59 Å². The molecule has 5 heteroatoms. The van der Waals surface area contributed by atoms with Gasteiger partial charge in [0.1, 0.15) is 5.75 Å². The average molecular weight is 279 g/mol. The van der Waals surface area contributed by atoms with Gasteiger partial charge in [-0.15, -0.1) is 0 Å². The summed E-state index contributed by atoms with van der Waals surface area (Å²) in [5.41, 5.74) is 2.29. The van der Waals surface area contributed by atoms with Crippen LogP contribution >= 0.6 is 0 Å². The van der Waals surface area contributed by atoms with Crippen molar-refractivity contribution in [3.8, 4) is 5.75 Å². The van der Waals surface area contributed by atoms with Crippen molar-refractivity contribution >= 4 is 11.9 Å². The molecule has 1 rings (SSSR count). The van der Waals surface area contributed by atoms with Crippen molar-refractivity contribution in [2.45, 2.75) is 26.7 Å². The van der Waals surface area contributed by atoms with Gasteiger partial charge in [-0.25, -0.2) is 0 Å². The van der Waals surface area contributed by atoms with Crippen molar-refractivity contribution in [2.24, 2.45) is 0 Å². The summed E-state index contributed by atoms with van der Waals surface area (Å²) in [6.07, 6.45) is 0.511. The lowest BCUT2D eigenvalue weighted by Gasteiger charge is -2.17. The molecule has 0 fully saturated rings. The molecule has 0 bridgehead atoms. The van der Waals surface area contributed by atoms with Crippen LogP contribution in [0, 0.1) is 13.8 Å². The smallest absolute Gasteiger partial charge is 0.303 e. The first-order valence-corrected chi connectivity index (χ1v) is 6.56. The molecule has 0 atom stereocenters. The summed E-state index contributed by atoms with van der Waals surface area (Å²) < 4.78 is 5.44. The zero-order valence-corrected chi connectivity index (χ0v) is 12.2. The molecule has 20 heavy (non-hydrogen) atoms. The molecule has 1 aromatic carbocycles. The van der Waals surface area contributed by atoms with Crippen molar-refractivity contribution in [3.63, 3.8) is 0 Å². The van der Waals surface area contributed by atoms with E-state index in [1.54, 1.807) is 7.05 Å². The molecule has 0 aliphatic rings. The van der Waals surface area contributed by atoms with E-state index >= 15 is 0 Å². The van der Waals surface area contributed by atoms with Gasteiger partial charge in [0, 0.05) is 20.0 Å². The first-order valence-electron chi connectivity index (χ1n) is 6.56. The number of carbonyl (C=O) groups is 2. The lowest BCUT2D eigenvalue weighted by Crippen LogP contribution is -2.32. The van der Waals surface area contributed by atoms with E-state index in [4.69, 9.17) is 9.84 Å². The molecule has 0 saturated carbocycles. The highest BCUT2D eigenvalue weighted by Gasteiger charge is 2.10. The fourth-order valence-electron chi connectivity index (χ4n) is 1.65. The quantitative estimate of drug-likeness (QED) is 0.829. The van der Waals surface area contributed by atoms with E-state index in [0.717, 1.165) is 5.56 Å². The largest absolute Gasteiger partial charge is 0.484 e. The Hall–Kier alpha value is -2.04. The second kappa shape index (κ2) is 7.53. The molecule has 0 unspecified atom stereocenters. The number of benzene rings is 1. The molecule has 110 valence electrons. The van der Waals surface area contributed by atoms with Gasteiger partial charge in [-0.05, 0) is 43.5 Å². The molecule has 1 aromatic rings. The molecule has 1 N–H and O–H groups in total. The highest BCUT2D eigenvalue weighted by Crippen LogP contribution is 2.16. The summed E-state index contributed by atoms with van der Waals surface area (Å²) in [7, 11) is 1.65. The maximum atomic E-state index is 11.8. The summed E-state index contributed by atoms with van der Waals surface area (Å²) in [4.78, 5) is 23.7. The number of hydrogen-bond acceptors (Lipinski definition) is 3. The van der Waals surface area contributed by atoms with E-state index < -0.39 is 5.97 Å². The van der Waals surface area contributed by atoms with Crippen molar-refractivity contribution in [2.75, 3.05) is 20.2 Å². The number of carboxylic acid groups (broad SMARTS) is 1. The van der Waals surface area contributed by atoms with E-state index in [2.05, 4.69) is 0 Å². The number of nitrogens with zero attached hydrogens (tertiary/aromatic N) is 1. The first kappa shape index (κ1) is 16.0. The van der Waals surface area contributed by atoms with E-state index in [9.17, 15) is 9.59 Å². The first-order chi connectivity index (χ1) is 9.40. The molecule has 0 aromatic heterocycles.